The van der Waals surface area contributed by atoms with Gasteiger partial charge in [0, 0.05) is 22.5 Å². The Kier molecular flexibility index (Phi) is 3.92. The molecule has 126 valence electrons. The molecule has 0 aromatic heterocycles. The van der Waals surface area contributed by atoms with Crippen LogP contribution in [0.3, 0.4) is 0 Å². The summed E-state index contributed by atoms with van der Waals surface area (Å²) in [4.78, 5) is 26.6. The fourth-order valence-corrected chi connectivity index (χ4v) is 3.78. The normalized spacial score (nSPS) is 19.9. The zero-order valence-corrected chi connectivity index (χ0v) is 14.6. The molecule has 1 atom stereocenters. The van der Waals surface area contributed by atoms with E-state index >= 15 is 0 Å². The van der Waals surface area contributed by atoms with E-state index in [1.807, 2.05) is 12.1 Å². The van der Waals surface area contributed by atoms with E-state index in [4.69, 9.17) is 4.74 Å². The van der Waals surface area contributed by atoms with Crippen molar-refractivity contribution in [3.63, 3.8) is 0 Å². The minimum absolute atomic E-state index is 0.0113. The van der Waals surface area contributed by atoms with Gasteiger partial charge in [-0.2, -0.15) is 0 Å². The van der Waals surface area contributed by atoms with Crippen LogP contribution in [0.5, 0.6) is 0 Å². The van der Waals surface area contributed by atoms with Crippen LogP contribution in [0.1, 0.15) is 17.9 Å². The molecular weight excluding hydrogens is 389 g/mol. The Balaban J connectivity index is 1.86. The first-order chi connectivity index (χ1) is 12.1. The molecule has 0 saturated heterocycles. The van der Waals surface area contributed by atoms with Gasteiger partial charge in [-0.1, -0.05) is 40.2 Å². The number of rotatable bonds is 2. The van der Waals surface area contributed by atoms with Gasteiger partial charge in [0.15, 0.2) is 0 Å². The molecule has 2 heterocycles. The zero-order valence-electron chi connectivity index (χ0n) is 13.0. The van der Waals surface area contributed by atoms with Crippen LogP contribution in [-0.4, -0.2) is 18.5 Å². The zero-order chi connectivity index (χ0) is 17.6. The summed E-state index contributed by atoms with van der Waals surface area (Å²) in [5.41, 5.74) is 1.85. The first-order valence-electron chi connectivity index (χ1n) is 7.79. The van der Waals surface area contributed by atoms with E-state index in [0.29, 0.717) is 22.5 Å². The molecular formula is C19H13BrFNO3. The van der Waals surface area contributed by atoms with Gasteiger partial charge >= 0.3 is 5.97 Å². The highest BCUT2D eigenvalue weighted by Gasteiger charge is 2.43. The lowest BCUT2D eigenvalue weighted by Gasteiger charge is -2.32. The van der Waals surface area contributed by atoms with Gasteiger partial charge in [-0.3, -0.25) is 9.69 Å². The molecule has 6 heteroatoms. The van der Waals surface area contributed by atoms with Crippen molar-refractivity contribution in [3.05, 3.63) is 75.7 Å². The number of carbonyl (C=O) groups excluding carboxylic acids is 2. The number of anilines is 1. The summed E-state index contributed by atoms with van der Waals surface area (Å²) >= 11 is 3.39. The lowest BCUT2D eigenvalue weighted by Crippen LogP contribution is -2.37. The molecule has 4 rings (SSSR count). The van der Waals surface area contributed by atoms with Crippen LogP contribution in [0, 0.1) is 5.82 Å². The second kappa shape index (κ2) is 6.11. The van der Waals surface area contributed by atoms with Gasteiger partial charge in [0.25, 0.3) is 0 Å². The first kappa shape index (κ1) is 16.0. The summed E-state index contributed by atoms with van der Waals surface area (Å²) in [6.45, 7) is 0.0113. The molecule has 1 unspecified atom stereocenters. The van der Waals surface area contributed by atoms with Crippen molar-refractivity contribution >= 4 is 33.5 Å². The monoisotopic (exact) mass is 401 g/mol. The van der Waals surface area contributed by atoms with Crippen molar-refractivity contribution in [2.75, 3.05) is 11.5 Å². The third-order valence-corrected chi connectivity index (χ3v) is 4.96. The number of nitrogens with zero attached hydrogens (tertiary/aromatic N) is 1. The molecule has 0 saturated carbocycles. The van der Waals surface area contributed by atoms with Crippen LogP contribution in [0.15, 0.2) is 64.3 Å². The first-order valence-corrected chi connectivity index (χ1v) is 8.58. The van der Waals surface area contributed by atoms with Crippen LogP contribution in [0.2, 0.25) is 0 Å². The molecule has 0 bridgehead atoms. The topological polar surface area (TPSA) is 46.6 Å². The molecule has 0 N–H and O–H groups in total. The SMILES string of the molecule is O=C1OCC2=C1C(c1ccccc1F)CC(=O)N2c1cccc(Br)c1. The van der Waals surface area contributed by atoms with Gasteiger partial charge in [0.2, 0.25) is 5.91 Å². The van der Waals surface area contributed by atoms with Crippen molar-refractivity contribution in [2.24, 2.45) is 0 Å². The maximum atomic E-state index is 14.3. The van der Waals surface area contributed by atoms with E-state index in [9.17, 15) is 14.0 Å². The Hall–Kier alpha value is -2.47. The van der Waals surface area contributed by atoms with Crippen molar-refractivity contribution in [1.29, 1.82) is 0 Å². The molecule has 0 aliphatic carbocycles. The molecule has 0 spiro atoms. The third-order valence-electron chi connectivity index (χ3n) is 4.46. The van der Waals surface area contributed by atoms with Gasteiger partial charge in [-0.05, 0) is 29.8 Å². The largest absolute Gasteiger partial charge is 0.456 e. The van der Waals surface area contributed by atoms with Gasteiger partial charge in [0.1, 0.15) is 12.4 Å². The van der Waals surface area contributed by atoms with Gasteiger partial charge in [0.05, 0.1) is 11.3 Å². The number of hydrogen-bond acceptors (Lipinski definition) is 3. The standard InChI is InChI=1S/C19H13BrFNO3/c20-11-4-3-5-12(8-11)22-16-10-25-19(24)18(16)14(9-17(22)23)13-6-1-2-7-15(13)21/h1-8,14H,9-10H2. The Morgan fingerprint density at radius 2 is 1.92 bits per heavy atom. The molecule has 25 heavy (non-hydrogen) atoms. The molecule has 2 aliphatic rings. The minimum atomic E-state index is -0.623. The molecule has 1 amide bonds. The number of hydrogen-bond donors (Lipinski definition) is 0. The summed E-state index contributed by atoms with van der Waals surface area (Å²) in [6, 6.07) is 13.5. The average molecular weight is 402 g/mol. The van der Waals surface area contributed by atoms with E-state index in [2.05, 4.69) is 15.9 Å². The minimum Gasteiger partial charge on any atom is -0.456 e. The Morgan fingerprint density at radius 1 is 1.12 bits per heavy atom. The highest BCUT2D eigenvalue weighted by atomic mass is 79.9. The quantitative estimate of drug-likeness (QED) is 0.716. The van der Waals surface area contributed by atoms with Gasteiger partial charge in [-0.25, -0.2) is 9.18 Å². The maximum Gasteiger partial charge on any atom is 0.336 e. The van der Waals surface area contributed by atoms with E-state index in [0.717, 1.165) is 4.47 Å². The van der Waals surface area contributed by atoms with Crippen molar-refractivity contribution < 1.29 is 18.7 Å². The molecule has 0 fully saturated rings. The summed E-state index contributed by atoms with van der Waals surface area (Å²) in [5, 5.41) is 0. The second-order valence-corrected chi connectivity index (χ2v) is 6.84. The smallest absolute Gasteiger partial charge is 0.336 e. The number of esters is 1. The molecule has 4 nitrogen and oxygen atoms in total. The summed E-state index contributed by atoms with van der Waals surface area (Å²) in [7, 11) is 0. The van der Waals surface area contributed by atoms with Crippen LogP contribution < -0.4 is 4.90 Å². The Morgan fingerprint density at radius 3 is 2.68 bits per heavy atom. The Bertz CT molecular complexity index is 924. The van der Waals surface area contributed by atoms with Gasteiger partial charge in [-0.15, -0.1) is 0 Å². The Labute approximate surface area is 152 Å². The van der Waals surface area contributed by atoms with Crippen LogP contribution in [0.4, 0.5) is 10.1 Å². The highest BCUT2D eigenvalue weighted by molar-refractivity contribution is 9.10. The molecule has 0 radical (unpaired) electrons. The summed E-state index contributed by atoms with van der Waals surface area (Å²) in [6.07, 6.45) is 0.0153. The fraction of sp³-hybridized carbons (Fsp3) is 0.158. The number of amides is 1. The second-order valence-electron chi connectivity index (χ2n) is 5.92. The number of ether oxygens (including phenoxy) is 1. The van der Waals surface area contributed by atoms with Crippen LogP contribution in [0.25, 0.3) is 0 Å². The number of benzene rings is 2. The van der Waals surface area contributed by atoms with E-state index in [1.165, 1.54) is 11.0 Å². The van der Waals surface area contributed by atoms with Crippen molar-refractivity contribution in [2.45, 2.75) is 12.3 Å². The van der Waals surface area contributed by atoms with Crippen LogP contribution >= 0.6 is 15.9 Å². The molecule has 2 aromatic rings. The summed E-state index contributed by atoms with van der Waals surface area (Å²) in [5.74, 6) is -1.73. The van der Waals surface area contributed by atoms with E-state index in [1.54, 1.807) is 30.3 Å². The number of cyclic esters (lactones) is 1. The van der Waals surface area contributed by atoms with Gasteiger partial charge < -0.3 is 4.74 Å². The summed E-state index contributed by atoms with van der Waals surface area (Å²) < 4.78 is 20.3. The lowest BCUT2D eigenvalue weighted by atomic mass is 9.84. The molecule has 2 aromatic carbocycles. The highest BCUT2D eigenvalue weighted by Crippen LogP contribution is 2.42. The number of carbonyl (C=O) groups is 2. The molecule has 2 aliphatic heterocycles. The predicted octanol–water partition coefficient (Wildman–Crippen LogP) is 3.92. The predicted molar refractivity (Wildman–Crippen MR) is 93.4 cm³/mol. The fourth-order valence-electron chi connectivity index (χ4n) is 3.39. The van der Waals surface area contributed by atoms with Crippen molar-refractivity contribution in [1.82, 2.24) is 0 Å². The maximum absolute atomic E-state index is 14.3. The third kappa shape index (κ3) is 2.66. The van der Waals surface area contributed by atoms with E-state index < -0.39 is 17.7 Å². The van der Waals surface area contributed by atoms with E-state index in [-0.39, 0.29) is 18.9 Å². The lowest BCUT2D eigenvalue weighted by molar-refractivity contribution is -0.136. The van der Waals surface area contributed by atoms with Crippen LogP contribution in [-0.2, 0) is 14.3 Å². The van der Waals surface area contributed by atoms with Crippen molar-refractivity contribution in [3.8, 4) is 0 Å². The number of halogens is 2. The average Bonchev–Trinajstić information content (AvgIpc) is 2.96.